The number of benzene rings is 2. The molecule has 1 N–H and O–H groups in total. The predicted octanol–water partition coefficient (Wildman–Crippen LogP) is 1.75. The lowest BCUT2D eigenvalue weighted by molar-refractivity contribution is -0.136. The highest BCUT2D eigenvalue weighted by atomic mass is 32.2. The van der Waals surface area contributed by atoms with Crippen LogP contribution in [0.5, 0.6) is 0 Å². The molecule has 2 aromatic rings. The second-order valence-electron chi connectivity index (χ2n) is 9.09. The third-order valence-electron chi connectivity index (χ3n) is 6.37. The number of sulfone groups is 1. The molecule has 1 fully saturated rings. The summed E-state index contributed by atoms with van der Waals surface area (Å²) in [5.41, 5.74) is 0.508. The number of fused-ring (bicyclic) bond motifs is 1. The molecule has 0 bridgehead atoms. The van der Waals surface area contributed by atoms with Crippen molar-refractivity contribution >= 4 is 43.6 Å². The topological polar surface area (TPSA) is 161 Å². The summed E-state index contributed by atoms with van der Waals surface area (Å²) < 4.78 is 55.7. The van der Waals surface area contributed by atoms with E-state index < -0.39 is 49.6 Å². The number of amides is 4. The molecule has 0 radical (unpaired) electrons. The number of nitrogens with zero attached hydrogens (tertiary/aromatic N) is 1. The van der Waals surface area contributed by atoms with E-state index in [2.05, 4.69) is 5.32 Å². The van der Waals surface area contributed by atoms with Gasteiger partial charge in [0.25, 0.3) is 21.9 Å². The molecule has 4 rings (SSSR count). The van der Waals surface area contributed by atoms with Crippen LogP contribution in [-0.2, 0) is 33.7 Å². The van der Waals surface area contributed by atoms with E-state index in [4.69, 9.17) is 4.18 Å². The Morgan fingerprint density at radius 3 is 2.32 bits per heavy atom. The van der Waals surface area contributed by atoms with Gasteiger partial charge in [0.15, 0.2) is 9.84 Å². The molecule has 1 saturated heterocycles. The van der Waals surface area contributed by atoms with Crippen molar-refractivity contribution in [2.45, 2.75) is 54.9 Å². The maximum atomic E-state index is 13.1. The van der Waals surface area contributed by atoms with E-state index in [0.29, 0.717) is 6.42 Å². The fraction of sp³-hybridized carbons (Fsp3) is 0.360. The number of imide groups is 2. The lowest BCUT2D eigenvalue weighted by Crippen LogP contribution is -2.54. The zero-order chi connectivity index (χ0) is 27.7. The number of unbranched alkanes of at least 4 members (excludes halogenated alkanes) is 2. The summed E-state index contributed by atoms with van der Waals surface area (Å²) >= 11 is 0. The Morgan fingerprint density at radius 2 is 1.63 bits per heavy atom. The van der Waals surface area contributed by atoms with E-state index in [1.807, 2.05) is 6.92 Å². The van der Waals surface area contributed by atoms with Crippen molar-refractivity contribution in [3.8, 4) is 0 Å². The molecule has 0 aliphatic carbocycles. The van der Waals surface area contributed by atoms with Crippen molar-refractivity contribution in [2.75, 3.05) is 12.4 Å². The summed E-state index contributed by atoms with van der Waals surface area (Å²) in [5, 5.41) is 2.09. The Bertz CT molecular complexity index is 1510. The van der Waals surface area contributed by atoms with Gasteiger partial charge in [-0.15, -0.1) is 0 Å². The maximum absolute atomic E-state index is 13.1. The van der Waals surface area contributed by atoms with Gasteiger partial charge >= 0.3 is 0 Å². The van der Waals surface area contributed by atoms with Crippen LogP contribution in [0.25, 0.3) is 0 Å². The second kappa shape index (κ2) is 10.8. The van der Waals surface area contributed by atoms with Gasteiger partial charge < -0.3 is 0 Å². The number of nitrogens with one attached hydrogen (secondary N) is 1. The summed E-state index contributed by atoms with van der Waals surface area (Å²) in [7, 11) is -7.91. The summed E-state index contributed by atoms with van der Waals surface area (Å²) in [6.07, 6.45) is 0.699. The zero-order valence-corrected chi connectivity index (χ0v) is 22.1. The summed E-state index contributed by atoms with van der Waals surface area (Å²) in [6.45, 7) is 1.71. The van der Waals surface area contributed by atoms with Crippen LogP contribution in [0, 0.1) is 6.92 Å². The minimum atomic E-state index is -3.99. The SMILES string of the molecule is Cc1ccc(S(=O)(=O)OCCCCCS(=O)(=O)c2cccc3c2C(=O)N(C2CCC(=O)NC2=O)C3=O)cc1. The molecule has 11 nitrogen and oxygen atoms in total. The Kier molecular flexibility index (Phi) is 7.81. The molecule has 1 unspecified atom stereocenters. The van der Waals surface area contributed by atoms with Crippen LogP contribution in [0.15, 0.2) is 52.3 Å². The van der Waals surface area contributed by atoms with E-state index in [1.54, 1.807) is 12.1 Å². The van der Waals surface area contributed by atoms with Crippen LogP contribution in [0.4, 0.5) is 0 Å². The first kappa shape index (κ1) is 27.6. The molecular weight excluding hydrogens is 536 g/mol. The number of hydrogen-bond acceptors (Lipinski definition) is 9. The summed E-state index contributed by atoms with van der Waals surface area (Å²) in [4.78, 5) is 50.2. The molecule has 2 aromatic carbocycles. The van der Waals surface area contributed by atoms with Gasteiger partial charge in [0.2, 0.25) is 11.8 Å². The Hall–Kier alpha value is -3.42. The number of piperidine rings is 1. The average molecular weight is 563 g/mol. The molecule has 2 aliphatic rings. The third kappa shape index (κ3) is 5.54. The fourth-order valence-corrected chi connectivity index (χ4v) is 6.91. The first-order valence-corrected chi connectivity index (χ1v) is 15.0. The minimum Gasteiger partial charge on any atom is -0.295 e. The molecule has 0 aromatic heterocycles. The molecule has 1 atom stereocenters. The fourth-order valence-electron chi connectivity index (χ4n) is 4.37. The molecule has 2 heterocycles. The van der Waals surface area contributed by atoms with E-state index >= 15 is 0 Å². The molecule has 0 saturated carbocycles. The second-order valence-corrected chi connectivity index (χ2v) is 12.8. The number of aryl methyl sites for hydroxylation is 1. The Labute approximate surface area is 220 Å². The average Bonchev–Trinajstić information content (AvgIpc) is 3.11. The molecule has 2 aliphatic heterocycles. The summed E-state index contributed by atoms with van der Waals surface area (Å²) in [5.74, 6) is -3.32. The van der Waals surface area contributed by atoms with E-state index in [9.17, 15) is 36.0 Å². The van der Waals surface area contributed by atoms with Gasteiger partial charge in [-0.05, 0) is 50.5 Å². The first-order chi connectivity index (χ1) is 17.9. The number of rotatable bonds is 10. The maximum Gasteiger partial charge on any atom is 0.296 e. The molecular formula is C25H26N2O9S2. The quantitative estimate of drug-likeness (QED) is 0.258. The van der Waals surface area contributed by atoms with Crippen LogP contribution in [0.3, 0.4) is 0 Å². The lowest BCUT2D eigenvalue weighted by Gasteiger charge is -2.27. The van der Waals surface area contributed by atoms with Crippen LogP contribution in [0.2, 0.25) is 0 Å². The van der Waals surface area contributed by atoms with Gasteiger partial charge in [-0.3, -0.25) is 33.6 Å². The van der Waals surface area contributed by atoms with E-state index in [0.717, 1.165) is 10.5 Å². The van der Waals surface area contributed by atoms with Gasteiger partial charge in [0.1, 0.15) is 6.04 Å². The van der Waals surface area contributed by atoms with Crippen molar-refractivity contribution in [3.63, 3.8) is 0 Å². The highest BCUT2D eigenvalue weighted by molar-refractivity contribution is 7.91. The van der Waals surface area contributed by atoms with Crippen molar-refractivity contribution in [3.05, 3.63) is 59.2 Å². The lowest BCUT2D eigenvalue weighted by atomic mass is 10.0. The molecule has 202 valence electrons. The normalized spacial score (nSPS) is 18.0. The Balaban J connectivity index is 1.37. The van der Waals surface area contributed by atoms with Crippen LogP contribution in [0.1, 0.15) is 58.4 Å². The van der Waals surface area contributed by atoms with Gasteiger partial charge in [0, 0.05) is 6.42 Å². The van der Waals surface area contributed by atoms with Crippen molar-refractivity contribution in [1.82, 2.24) is 10.2 Å². The molecule has 38 heavy (non-hydrogen) atoms. The molecule has 13 heteroatoms. The molecule has 4 amide bonds. The van der Waals surface area contributed by atoms with E-state index in [-0.39, 0.29) is 59.0 Å². The number of hydrogen-bond donors (Lipinski definition) is 1. The zero-order valence-electron chi connectivity index (χ0n) is 20.5. The van der Waals surface area contributed by atoms with Crippen molar-refractivity contribution in [1.29, 1.82) is 0 Å². The van der Waals surface area contributed by atoms with Gasteiger partial charge in [-0.2, -0.15) is 8.42 Å². The number of carbonyl (C=O) groups excluding carboxylic acids is 4. The Morgan fingerprint density at radius 1 is 0.921 bits per heavy atom. The van der Waals surface area contributed by atoms with Crippen LogP contribution < -0.4 is 5.32 Å². The first-order valence-electron chi connectivity index (χ1n) is 12.0. The highest BCUT2D eigenvalue weighted by Gasteiger charge is 2.46. The monoisotopic (exact) mass is 562 g/mol. The van der Waals surface area contributed by atoms with Crippen LogP contribution >= 0.6 is 0 Å². The van der Waals surface area contributed by atoms with Gasteiger partial charge in [0.05, 0.1) is 33.3 Å². The highest BCUT2D eigenvalue weighted by Crippen LogP contribution is 2.32. The van der Waals surface area contributed by atoms with Gasteiger partial charge in [-0.1, -0.05) is 30.2 Å². The third-order valence-corrected chi connectivity index (χ3v) is 9.53. The standard InChI is InChI=1S/C25H26N2O9S2/c1-16-8-10-17(11-9-16)38(34,35)36-14-3-2-4-15-37(32,33)20-7-5-6-18-22(20)25(31)27(24(18)30)19-12-13-21(28)26-23(19)29/h5-11,19H,2-4,12-15H2,1H3,(H,26,28,29). The predicted molar refractivity (Wildman–Crippen MR) is 133 cm³/mol. The minimum absolute atomic E-state index is 0.0363. The smallest absolute Gasteiger partial charge is 0.295 e. The number of carbonyl (C=O) groups is 4. The van der Waals surface area contributed by atoms with E-state index in [1.165, 1.54) is 30.3 Å². The summed E-state index contributed by atoms with van der Waals surface area (Å²) in [6, 6.07) is 8.93. The largest absolute Gasteiger partial charge is 0.296 e. The van der Waals surface area contributed by atoms with Crippen LogP contribution in [-0.4, -0.2) is 63.8 Å². The van der Waals surface area contributed by atoms with Gasteiger partial charge in [-0.25, -0.2) is 8.42 Å². The van der Waals surface area contributed by atoms with Crippen molar-refractivity contribution < 1.29 is 40.2 Å². The van der Waals surface area contributed by atoms with Crippen molar-refractivity contribution in [2.24, 2.45) is 0 Å². The molecule has 0 spiro atoms.